The van der Waals surface area contributed by atoms with E-state index in [0.717, 1.165) is 60.0 Å². The zero-order valence-electron chi connectivity index (χ0n) is 26.0. The minimum absolute atomic E-state index is 0.318. The first-order valence-corrected chi connectivity index (χ1v) is 16.5. The summed E-state index contributed by atoms with van der Waals surface area (Å²) in [5.41, 5.74) is 6.01. The van der Waals surface area contributed by atoms with Crippen LogP contribution < -0.4 is 10.2 Å². The Morgan fingerprint density at radius 2 is 1.65 bits per heavy atom. The summed E-state index contributed by atoms with van der Waals surface area (Å²) in [7, 11) is 0. The van der Waals surface area contributed by atoms with Crippen LogP contribution in [0.15, 0.2) is 60.2 Å². The number of thioether (sulfide) groups is 1. The normalized spacial score (nSPS) is 11.0. The fourth-order valence-corrected chi connectivity index (χ4v) is 5.22. The molecule has 0 aliphatic rings. The third-order valence-electron chi connectivity index (χ3n) is 5.71. The number of unbranched alkanes of at least 4 members (excludes halogenated alkanes) is 1. The minimum atomic E-state index is 0.318. The number of hydrogen-bond acceptors (Lipinski definition) is 3. The van der Waals surface area contributed by atoms with Crippen molar-refractivity contribution in [3.05, 3.63) is 82.0 Å². The van der Waals surface area contributed by atoms with Crippen molar-refractivity contribution in [2.24, 2.45) is 4.99 Å². The Morgan fingerprint density at radius 1 is 1.00 bits per heavy atom. The van der Waals surface area contributed by atoms with Crippen LogP contribution in [0, 0.1) is 6.92 Å². The van der Waals surface area contributed by atoms with E-state index in [2.05, 4.69) is 94.7 Å². The second kappa shape index (κ2) is 21.3. The van der Waals surface area contributed by atoms with Gasteiger partial charge in [0.05, 0.1) is 5.02 Å². The summed E-state index contributed by atoms with van der Waals surface area (Å²) in [5.74, 6) is 0. The number of benzene rings is 2. The number of aryl methyl sites for hydroxylation is 2. The number of alkyl halides is 1. The van der Waals surface area contributed by atoms with Crippen LogP contribution in [0.5, 0.6) is 0 Å². The van der Waals surface area contributed by atoms with E-state index >= 15 is 0 Å². The van der Waals surface area contributed by atoms with Gasteiger partial charge in [0.15, 0.2) is 5.17 Å². The largest absolute Gasteiger partial charge is 0.315 e. The van der Waals surface area contributed by atoms with Crippen LogP contribution in [-0.4, -0.2) is 29.4 Å². The highest BCUT2D eigenvalue weighted by atomic mass is 35.5. The van der Waals surface area contributed by atoms with Gasteiger partial charge in [-0.15, -0.1) is 11.6 Å². The molecule has 0 atom stereocenters. The quantitative estimate of drug-likeness (QED) is 0.110. The first kappa shape index (κ1) is 38.6. The van der Waals surface area contributed by atoms with E-state index in [1.165, 1.54) is 17.5 Å². The van der Waals surface area contributed by atoms with Crippen molar-refractivity contribution in [3.63, 3.8) is 0 Å². The summed E-state index contributed by atoms with van der Waals surface area (Å²) in [6, 6.07) is 12.5. The Labute approximate surface area is 264 Å². The topological polar surface area (TPSA) is 27.6 Å². The minimum Gasteiger partial charge on any atom is -0.315 e. The summed E-state index contributed by atoms with van der Waals surface area (Å²) in [6.45, 7) is 26.8. The summed E-state index contributed by atoms with van der Waals surface area (Å²) < 4.78 is 0. The van der Waals surface area contributed by atoms with Crippen molar-refractivity contribution in [1.29, 1.82) is 0 Å². The molecule has 0 amide bonds. The van der Waals surface area contributed by atoms with Crippen molar-refractivity contribution in [1.82, 2.24) is 5.32 Å². The first-order chi connectivity index (χ1) is 19.0. The molecule has 2 aromatic carbocycles. The van der Waals surface area contributed by atoms with Gasteiger partial charge < -0.3 is 5.32 Å². The van der Waals surface area contributed by atoms with Crippen molar-refractivity contribution in [2.75, 3.05) is 17.8 Å². The van der Waals surface area contributed by atoms with Crippen LogP contribution in [-0.2, 0) is 6.42 Å². The van der Waals surface area contributed by atoms with Crippen LogP contribution in [0.25, 0.3) is 5.70 Å². The van der Waals surface area contributed by atoms with Gasteiger partial charge in [-0.25, -0.2) is 4.99 Å². The molecule has 1 N–H and O–H groups in total. The van der Waals surface area contributed by atoms with Gasteiger partial charge in [0.1, 0.15) is 0 Å². The highest BCUT2D eigenvalue weighted by Crippen LogP contribution is 2.35. The van der Waals surface area contributed by atoms with E-state index in [1.807, 2.05) is 26.0 Å². The number of hydrogen-bond donors (Lipinski definition) is 1. The van der Waals surface area contributed by atoms with Gasteiger partial charge in [0.25, 0.3) is 0 Å². The average Bonchev–Trinajstić information content (AvgIpc) is 2.91. The number of anilines is 1. The first-order valence-electron chi connectivity index (χ1n) is 14.1. The van der Waals surface area contributed by atoms with Gasteiger partial charge >= 0.3 is 0 Å². The summed E-state index contributed by atoms with van der Waals surface area (Å²) in [4.78, 5) is 7.17. The van der Waals surface area contributed by atoms with Gasteiger partial charge in [0.2, 0.25) is 0 Å². The molecule has 0 aliphatic carbocycles. The van der Waals surface area contributed by atoms with Gasteiger partial charge in [-0.3, -0.25) is 4.90 Å². The van der Waals surface area contributed by atoms with Crippen LogP contribution in [0.1, 0.15) is 84.4 Å². The summed E-state index contributed by atoms with van der Waals surface area (Å²) in [6.07, 6.45) is 5.39. The molecule has 2 rings (SSSR count). The number of halogens is 3. The molecular weight excluding hydrogens is 577 g/mol. The number of amidine groups is 1. The fourth-order valence-electron chi connectivity index (χ4n) is 3.78. The summed E-state index contributed by atoms with van der Waals surface area (Å²) in [5, 5.41) is 5.79. The van der Waals surface area contributed by atoms with E-state index in [-0.39, 0.29) is 0 Å². The van der Waals surface area contributed by atoms with Crippen molar-refractivity contribution in [3.8, 4) is 0 Å². The molecule has 0 spiro atoms. The fraction of sp³-hybridized carbons (Fsp3) is 0.485. The maximum absolute atomic E-state index is 6.63. The molecule has 0 radical (unpaired) electrons. The Bertz CT molecular complexity index is 1080. The lowest BCUT2D eigenvalue weighted by Crippen LogP contribution is -2.28. The van der Waals surface area contributed by atoms with Crippen molar-refractivity contribution >= 4 is 63.1 Å². The third-order valence-corrected chi connectivity index (χ3v) is 7.22. The zero-order valence-corrected chi connectivity index (χ0v) is 29.1. The molecule has 7 heteroatoms. The number of aliphatic imine (C=N–C) groups is 1. The van der Waals surface area contributed by atoms with Gasteiger partial charge in [-0.1, -0.05) is 103 Å². The monoisotopic (exact) mass is 625 g/mol. The van der Waals surface area contributed by atoms with Crippen molar-refractivity contribution < 1.29 is 0 Å². The zero-order chi connectivity index (χ0) is 30.8. The molecule has 224 valence electrons. The summed E-state index contributed by atoms with van der Waals surface area (Å²) >= 11 is 19.2. The highest BCUT2D eigenvalue weighted by molar-refractivity contribution is 8.14. The van der Waals surface area contributed by atoms with E-state index in [4.69, 9.17) is 28.2 Å². The molecule has 3 nitrogen and oxygen atoms in total. The SMILES string of the molecule is C=C(CCCCNC(C)C)N=C(SC(C)C)N(C(=C)c1ccc(Cl)cc1Cl)c1ccc(C)c(CC)c1.CC.CCl. The number of nitrogens with zero attached hydrogens (tertiary/aromatic N) is 2. The van der Waals surface area contributed by atoms with Crippen LogP contribution in [0.4, 0.5) is 5.69 Å². The molecule has 0 aromatic heterocycles. The average molecular weight is 627 g/mol. The predicted octanol–water partition coefficient (Wildman–Crippen LogP) is 11.4. The number of nitrogens with one attached hydrogen (secondary N) is 1. The van der Waals surface area contributed by atoms with Gasteiger partial charge in [-0.2, -0.15) is 0 Å². The van der Waals surface area contributed by atoms with Gasteiger partial charge in [0, 0.05) is 45.3 Å². The Balaban J connectivity index is 0.00000363. The smallest absolute Gasteiger partial charge is 0.173 e. The standard InChI is InChI=1S/C30H41Cl2N3S.C2H6.CH3Cl/c1-9-25-18-27(15-13-22(25)6)35(24(8)28-16-14-26(31)19-29(28)32)30(36-21(4)5)34-23(7)12-10-11-17-33-20(2)3;2*1-2/h13-16,18-21,33H,7-12,17H2,1-6H3;1-2H3;1H3. The lowest BCUT2D eigenvalue weighted by atomic mass is 10.0. The second-order valence-corrected chi connectivity index (χ2v) is 12.0. The van der Waals surface area contributed by atoms with E-state index < -0.39 is 0 Å². The Kier molecular flexibility index (Phi) is 20.5. The molecular formula is C33H50Cl3N3S. The highest BCUT2D eigenvalue weighted by Gasteiger charge is 2.23. The molecule has 0 aliphatic heterocycles. The molecule has 40 heavy (non-hydrogen) atoms. The lowest BCUT2D eigenvalue weighted by molar-refractivity contribution is 0.557. The maximum Gasteiger partial charge on any atom is 0.173 e. The van der Waals surface area contributed by atoms with Crippen LogP contribution >= 0.6 is 46.6 Å². The molecule has 0 bridgehead atoms. The predicted molar refractivity (Wildman–Crippen MR) is 188 cm³/mol. The molecule has 0 fully saturated rings. The van der Waals surface area contributed by atoms with Gasteiger partial charge in [-0.05, 0) is 80.6 Å². The molecule has 0 saturated heterocycles. The number of rotatable bonds is 12. The third kappa shape index (κ3) is 13.5. The molecule has 0 saturated carbocycles. The number of allylic oxidation sites excluding steroid dienone is 1. The van der Waals surface area contributed by atoms with Crippen molar-refractivity contribution in [2.45, 2.75) is 92.4 Å². The molecule has 0 unspecified atom stereocenters. The van der Waals surface area contributed by atoms with E-state index in [1.54, 1.807) is 17.8 Å². The lowest BCUT2D eigenvalue weighted by Gasteiger charge is -2.30. The Hall–Kier alpha value is -1.43. The van der Waals surface area contributed by atoms with E-state index in [9.17, 15) is 0 Å². The molecule has 0 heterocycles. The van der Waals surface area contributed by atoms with Crippen LogP contribution in [0.2, 0.25) is 10.0 Å². The van der Waals surface area contributed by atoms with E-state index in [0.29, 0.717) is 21.3 Å². The second-order valence-electron chi connectivity index (χ2n) is 9.56. The van der Waals surface area contributed by atoms with Crippen LogP contribution in [0.3, 0.4) is 0 Å². The maximum atomic E-state index is 6.63. The Morgan fingerprint density at radius 3 is 2.20 bits per heavy atom. The molecule has 2 aromatic rings.